The highest BCUT2D eigenvalue weighted by Gasteiger charge is 2.40. The first-order chi connectivity index (χ1) is 12.2. The number of likely N-dealkylation sites (tertiary alicyclic amines) is 2. The highest BCUT2D eigenvalue weighted by molar-refractivity contribution is 5.76. The average molecular weight is 351 g/mol. The molecule has 3 unspecified atom stereocenters. The molecular weight excluding hydrogens is 308 g/mol. The van der Waals surface area contributed by atoms with Crippen LogP contribution in [0.2, 0.25) is 0 Å². The summed E-state index contributed by atoms with van der Waals surface area (Å²) in [5, 5.41) is 0. The Hall–Kier alpha value is -0.570. The van der Waals surface area contributed by atoms with E-state index in [2.05, 4.69) is 30.6 Å². The molecule has 0 radical (unpaired) electrons. The minimum Gasteiger partial charge on any atom is -0.342 e. The summed E-state index contributed by atoms with van der Waals surface area (Å²) in [6.07, 6.45) is 12.9. The molecule has 0 spiro atoms. The topological polar surface area (TPSA) is 23.6 Å². The molecular formula is C22H42N2O. The molecule has 2 aliphatic heterocycles. The van der Waals surface area contributed by atoms with Gasteiger partial charge in [0.05, 0.1) is 0 Å². The number of fused-ring (bicyclic) bond motifs is 1. The van der Waals surface area contributed by atoms with E-state index in [-0.39, 0.29) is 0 Å². The lowest BCUT2D eigenvalue weighted by molar-refractivity contribution is -0.130. The van der Waals surface area contributed by atoms with Crippen LogP contribution in [-0.2, 0) is 4.79 Å². The predicted octanol–water partition coefficient (Wildman–Crippen LogP) is 4.95. The van der Waals surface area contributed by atoms with Gasteiger partial charge in [-0.3, -0.25) is 4.79 Å². The molecule has 0 N–H and O–H groups in total. The van der Waals surface area contributed by atoms with Crippen LogP contribution in [0.25, 0.3) is 0 Å². The molecule has 0 saturated carbocycles. The molecule has 0 aromatic carbocycles. The van der Waals surface area contributed by atoms with Gasteiger partial charge >= 0.3 is 0 Å². The fourth-order valence-electron chi connectivity index (χ4n) is 4.86. The zero-order chi connectivity index (χ0) is 18.1. The molecule has 3 nitrogen and oxygen atoms in total. The van der Waals surface area contributed by atoms with E-state index < -0.39 is 0 Å². The summed E-state index contributed by atoms with van der Waals surface area (Å²) in [5.74, 6) is 2.83. The molecule has 0 aromatic heterocycles. The van der Waals surface area contributed by atoms with Crippen LogP contribution in [0.15, 0.2) is 0 Å². The molecule has 2 saturated heterocycles. The molecule has 3 atom stereocenters. The third-order valence-electron chi connectivity index (χ3n) is 6.51. The molecule has 2 fully saturated rings. The molecule has 2 heterocycles. The van der Waals surface area contributed by atoms with Crippen LogP contribution in [-0.4, -0.2) is 48.4 Å². The normalized spacial score (nSPS) is 24.7. The Morgan fingerprint density at radius 2 is 1.56 bits per heavy atom. The summed E-state index contributed by atoms with van der Waals surface area (Å²) in [6.45, 7) is 12.5. The zero-order valence-corrected chi connectivity index (χ0v) is 17.1. The maximum atomic E-state index is 12.1. The number of unbranched alkanes of at least 4 members (excludes halogenated alkanes) is 3. The summed E-state index contributed by atoms with van der Waals surface area (Å²) >= 11 is 0. The van der Waals surface area contributed by atoms with Crippen molar-refractivity contribution in [3.8, 4) is 0 Å². The van der Waals surface area contributed by atoms with Crippen molar-refractivity contribution in [2.45, 2.75) is 85.0 Å². The summed E-state index contributed by atoms with van der Waals surface area (Å²) < 4.78 is 0. The third-order valence-corrected chi connectivity index (χ3v) is 6.51. The van der Waals surface area contributed by atoms with Crippen LogP contribution in [0.4, 0.5) is 0 Å². The number of rotatable bonds is 12. The van der Waals surface area contributed by atoms with Crippen molar-refractivity contribution < 1.29 is 4.79 Å². The fraction of sp³-hybridized carbons (Fsp3) is 0.955. The number of amides is 1. The van der Waals surface area contributed by atoms with Crippen LogP contribution in [0, 0.1) is 17.8 Å². The number of hydrogen-bond acceptors (Lipinski definition) is 2. The smallest absolute Gasteiger partial charge is 0.222 e. The highest BCUT2D eigenvalue weighted by atomic mass is 16.2. The summed E-state index contributed by atoms with van der Waals surface area (Å²) in [6, 6.07) is 0. The largest absolute Gasteiger partial charge is 0.342 e. The van der Waals surface area contributed by atoms with Crippen LogP contribution >= 0.6 is 0 Å². The monoisotopic (exact) mass is 350 g/mol. The first-order valence-electron chi connectivity index (χ1n) is 11.2. The van der Waals surface area contributed by atoms with E-state index in [1.165, 1.54) is 71.0 Å². The second-order valence-electron chi connectivity index (χ2n) is 8.59. The van der Waals surface area contributed by atoms with Gasteiger partial charge < -0.3 is 9.80 Å². The van der Waals surface area contributed by atoms with Gasteiger partial charge in [0, 0.05) is 32.6 Å². The SMILES string of the molecule is CCCCCCC(CC)CCCN1CC2CN(C(=O)CCC)CC2C1. The Bertz CT molecular complexity index is 370. The van der Waals surface area contributed by atoms with Gasteiger partial charge in [-0.2, -0.15) is 0 Å². The van der Waals surface area contributed by atoms with Crippen molar-refractivity contribution in [2.24, 2.45) is 17.8 Å². The average Bonchev–Trinajstić information content (AvgIpc) is 3.16. The van der Waals surface area contributed by atoms with Gasteiger partial charge in [-0.05, 0) is 43.6 Å². The quantitative estimate of drug-likeness (QED) is 0.465. The van der Waals surface area contributed by atoms with Gasteiger partial charge in [-0.1, -0.05) is 59.3 Å². The van der Waals surface area contributed by atoms with Crippen molar-refractivity contribution in [3.63, 3.8) is 0 Å². The Morgan fingerprint density at radius 3 is 2.16 bits per heavy atom. The Kier molecular flexibility index (Phi) is 9.30. The summed E-state index contributed by atoms with van der Waals surface area (Å²) in [4.78, 5) is 16.9. The first-order valence-corrected chi connectivity index (χ1v) is 11.2. The van der Waals surface area contributed by atoms with Crippen molar-refractivity contribution in [1.29, 1.82) is 0 Å². The van der Waals surface area contributed by atoms with E-state index in [1.807, 2.05) is 0 Å². The van der Waals surface area contributed by atoms with Gasteiger partial charge in [0.1, 0.15) is 0 Å². The van der Waals surface area contributed by atoms with Gasteiger partial charge in [0.2, 0.25) is 5.91 Å². The van der Waals surface area contributed by atoms with Gasteiger partial charge in [0.15, 0.2) is 0 Å². The number of carbonyl (C=O) groups excluding carboxylic acids is 1. The van der Waals surface area contributed by atoms with Crippen LogP contribution < -0.4 is 0 Å². The maximum absolute atomic E-state index is 12.1. The highest BCUT2D eigenvalue weighted by Crippen LogP contribution is 2.32. The Labute approximate surface area is 156 Å². The molecule has 1 amide bonds. The van der Waals surface area contributed by atoms with E-state index in [0.717, 1.165) is 43.7 Å². The van der Waals surface area contributed by atoms with E-state index in [9.17, 15) is 4.79 Å². The number of carbonyl (C=O) groups is 1. The Balaban J connectivity index is 1.59. The maximum Gasteiger partial charge on any atom is 0.222 e. The summed E-state index contributed by atoms with van der Waals surface area (Å²) in [7, 11) is 0. The predicted molar refractivity (Wildman–Crippen MR) is 107 cm³/mol. The molecule has 0 bridgehead atoms. The molecule has 2 rings (SSSR count). The van der Waals surface area contributed by atoms with E-state index in [0.29, 0.717) is 5.91 Å². The first kappa shape index (κ1) is 20.7. The Morgan fingerprint density at radius 1 is 0.880 bits per heavy atom. The van der Waals surface area contributed by atoms with E-state index in [4.69, 9.17) is 0 Å². The molecule has 2 aliphatic rings. The van der Waals surface area contributed by atoms with Crippen molar-refractivity contribution >= 4 is 5.91 Å². The molecule has 0 aliphatic carbocycles. The van der Waals surface area contributed by atoms with E-state index in [1.54, 1.807) is 0 Å². The van der Waals surface area contributed by atoms with Crippen LogP contribution in [0.3, 0.4) is 0 Å². The lowest BCUT2D eigenvalue weighted by atomic mass is 9.93. The lowest BCUT2D eigenvalue weighted by Gasteiger charge is -2.22. The lowest BCUT2D eigenvalue weighted by Crippen LogP contribution is -2.33. The third kappa shape index (κ3) is 6.58. The zero-order valence-electron chi connectivity index (χ0n) is 17.1. The fourth-order valence-corrected chi connectivity index (χ4v) is 4.86. The van der Waals surface area contributed by atoms with Crippen LogP contribution in [0.1, 0.15) is 85.0 Å². The van der Waals surface area contributed by atoms with Crippen LogP contribution in [0.5, 0.6) is 0 Å². The van der Waals surface area contributed by atoms with Crippen molar-refractivity contribution in [2.75, 3.05) is 32.7 Å². The molecule has 0 aromatic rings. The second kappa shape index (κ2) is 11.2. The standard InChI is InChI=1S/C22H42N2O/c1-4-7-8-9-12-19(6-3)13-10-14-23-15-20-17-24(18-21(20)16-23)22(25)11-5-2/h19-21H,4-18H2,1-3H3. The van der Waals surface area contributed by atoms with Crippen molar-refractivity contribution in [3.05, 3.63) is 0 Å². The number of hydrogen-bond donors (Lipinski definition) is 0. The minimum absolute atomic E-state index is 0.386. The minimum atomic E-state index is 0.386. The number of nitrogens with zero attached hydrogens (tertiary/aromatic N) is 2. The van der Waals surface area contributed by atoms with E-state index >= 15 is 0 Å². The summed E-state index contributed by atoms with van der Waals surface area (Å²) in [5.41, 5.74) is 0. The van der Waals surface area contributed by atoms with Crippen molar-refractivity contribution in [1.82, 2.24) is 9.80 Å². The molecule has 3 heteroatoms. The van der Waals surface area contributed by atoms with Gasteiger partial charge in [-0.25, -0.2) is 0 Å². The van der Waals surface area contributed by atoms with Gasteiger partial charge in [-0.15, -0.1) is 0 Å². The van der Waals surface area contributed by atoms with Gasteiger partial charge in [0.25, 0.3) is 0 Å². The second-order valence-corrected chi connectivity index (χ2v) is 8.59. The molecule has 25 heavy (non-hydrogen) atoms. The molecule has 146 valence electrons.